The summed E-state index contributed by atoms with van der Waals surface area (Å²) >= 11 is 3.45. The van der Waals surface area contributed by atoms with Gasteiger partial charge in [-0.3, -0.25) is 0 Å². The van der Waals surface area contributed by atoms with Crippen molar-refractivity contribution in [1.29, 1.82) is 5.26 Å². The summed E-state index contributed by atoms with van der Waals surface area (Å²) in [5.74, 6) is 0. The predicted octanol–water partition coefficient (Wildman–Crippen LogP) is 3.77. The maximum Gasteiger partial charge on any atom is 0.190 e. The van der Waals surface area contributed by atoms with Crippen LogP contribution in [0, 0.1) is 11.3 Å². The number of rotatable bonds is 5. The van der Waals surface area contributed by atoms with E-state index in [1.165, 1.54) is 0 Å². The van der Waals surface area contributed by atoms with Crippen molar-refractivity contribution in [2.24, 2.45) is 0 Å². The molecule has 0 radical (unpaired) electrons. The lowest BCUT2D eigenvalue weighted by atomic mass is 10.1. The highest BCUT2D eigenvalue weighted by atomic mass is 79.9. The molecule has 0 unspecified atom stereocenters. The Kier molecular flexibility index (Phi) is 4.69. The van der Waals surface area contributed by atoms with Crippen molar-refractivity contribution in [3.05, 3.63) is 34.4 Å². The van der Waals surface area contributed by atoms with Gasteiger partial charge in [-0.1, -0.05) is 53.0 Å². The van der Waals surface area contributed by atoms with Gasteiger partial charge in [-0.25, -0.2) is 4.68 Å². The molecule has 0 aliphatic rings. The molecule has 0 bridgehead atoms. The molecule has 0 spiro atoms. The van der Waals surface area contributed by atoms with Crippen molar-refractivity contribution in [1.82, 2.24) is 15.0 Å². The van der Waals surface area contributed by atoms with Gasteiger partial charge in [0, 0.05) is 16.6 Å². The minimum atomic E-state index is 0.384. The molecular weight excluding hydrogens is 304 g/mol. The Hall–Kier alpha value is -1.67. The molecule has 1 heterocycles. The molecule has 5 heteroatoms. The highest BCUT2D eigenvalue weighted by molar-refractivity contribution is 9.10. The standard InChI is InChI=1S/C14H15BrN4/c1-2-3-4-8-19-14(13(10-16)17-18-19)11-6-5-7-12(15)9-11/h5-7,9H,2-4,8H2,1H3. The molecule has 0 aliphatic heterocycles. The molecule has 4 nitrogen and oxygen atoms in total. The molecule has 2 rings (SSSR count). The van der Waals surface area contributed by atoms with Crippen LogP contribution < -0.4 is 0 Å². The zero-order valence-corrected chi connectivity index (χ0v) is 12.4. The summed E-state index contributed by atoms with van der Waals surface area (Å²) in [7, 11) is 0. The molecular formula is C14H15BrN4. The topological polar surface area (TPSA) is 54.5 Å². The van der Waals surface area contributed by atoms with Gasteiger partial charge in [0.15, 0.2) is 5.69 Å². The first kappa shape index (κ1) is 13.8. The van der Waals surface area contributed by atoms with Gasteiger partial charge in [-0.2, -0.15) is 5.26 Å². The SMILES string of the molecule is CCCCCn1nnc(C#N)c1-c1cccc(Br)c1. The van der Waals surface area contributed by atoms with Gasteiger partial charge in [-0.15, -0.1) is 5.10 Å². The van der Waals surface area contributed by atoms with E-state index < -0.39 is 0 Å². The van der Waals surface area contributed by atoms with Crippen LogP contribution in [0.4, 0.5) is 0 Å². The summed E-state index contributed by atoms with van der Waals surface area (Å²) < 4.78 is 2.81. The number of halogens is 1. The number of unbranched alkanes of at least 4 members (excludes halogenated alkanes) is 2. The third kappa shape index (κ3) is 3.21. The monoisotopic (exact) mass is 318 g/mol. The first-order valence-corrected chi connectivity index (χ1v) is 7.15. The van der Waals surface area contributed by atoms with Crippen molar-refractivity contribution in [2.45, 2.75) is 32.7 Å². The van der Waals surface area contributed by atoms with E-state index in [1.54, 1.807) is 0 Å². The summed E-state index contributed by atoms with van der Waals surface area (Å²) in [6, 6.07) is 9.98. The van der Waals surface area contributed by atoms with Crippen molar-refractivity contribution in [3.8, 4) is 17.3 Å². The van der Waals surface area contributed by atoms with Crippen LogP contribution in [0.25, 0.3) is 11.3 Å². The average Bonchev–Trinajstić information content (AvgIpc) is 2.82. The van der Waals surface area contributed by atoms with Crippen LogP contribution in [-0.2, 0) is 6.54 Å². The van der Waals surface area contributed by atoms with Crippen LogP contribution in [-0.4, -0.2) is 15.0 Å². The largest absolute Gasteiger partial charge is 0.243 e. The normalized spacial score (nSPS) is 10.4. The van der Waals surface area contributed by atoms with Gasteiger partial charge >= 0.3 is 0 Å². The first-order valence-electron chi connectivity index (χ1n) is 6.35. The molecule has 0 N–H and O–H groups in total. The van der Waals surface area contributed by atoms with E-state index in [-0.39, 0.29) is 0 Å². The smallest absolute Gasteiger partial charge is 0.190 e. The molecule has 0 saturated carbocycles. The first-order chi connectivity index (χ1) is 9.26. The average molecular weight is 319 g/mol. The van der Waals surface area contributed by atoms with Gasteiger partial charge in [-0.05, 0) is 18.6 Å². The van der Waals surface area contributed by atoms with Gasteiger partial charge in [0.25, 0.3) is 0 Å². The lowest BCUT2D eigenvalue weighted by molar-refractivity contribution is 0.541. The van der Waals surface area contributed by atoms with Crippen LogP contribution >= 0.6 is 15.9 Å². The summed E-state index contributed by atoms with van der Waals surface area (Å²) in [5, 5.41) is 17.2. The van der Waals surface area contributed by atoms with Crippen LogP contribution in [0.3, 0.4) is 0 Å². The predicted molar refractivity (Wildman–Crippen MR) is 77.4 cm³/mol. The number of aryl methyl sites for hydroxylation is 1. The Morgan fingerprint density at radius 2 is 2.21 bits per heavy atom. The third-order valence-corrected chi connectivity index (χ3v) is 3.41. The number of benzene rings is 1. The fraction of sp³-hybridized carbons (Fsp3) is 0.357. The van der Waals surface area contributed by atoms with E-state index in [1.807, 2.05) is 28.9 Å². The van der Waals surface area contributed by atoms with Crippen LogP contribution in [0.15, 0.2) is 28.7 Å². The maximum atomic E-state index is 9.16. The van der Waals surface area contributed by atoms with Crippen molar-refractivity contribution in [2.75, 3.05) is 0 Å². The molecule has 98 valence electrons. The van der Waals surface area contributed by atoms with E-state index in [0.717, 1.165) is 41.5 Å². The fourth-order valence-electron chi connectivity index (χ4n) is 1.98. The number of hydrogen-bond donors (Lipinski definition) is 0. The second-order valence-corrected chi connectivity index (χ2v) is 5.25. The van der Waals surface area contributed by atoms with Gasteiger partial charge in [0.2, 0.25) is 0 Å². The third-order valence-electron chi connectivity index (χ3n) is 2.91. The van der Waals surface area contributed by atoms with Crippen molar-refractivity contribution < 1.29 is 0 Å². The molecule has 0 atom stereocenters. The molecule has 1 aromatic heterocycles. The van der Waals surface area contributed by atoms with Crippen LogP contribution in [0.2, 0.25) is 0 Å². The zero-order valence-electron chi connectivity index (χ0n) is 10.8. The summed E-state index contributed by atoms with van der Waals surface area (Å²) in [5.41, 5.74) is 2.15. The number of aromatic nitrogens is 3. The minimum absolute atomic E-state index is 0.384. The fourth-order valence-corrected chi connectivity index (χ4v) is 2.38. The zero-order chi connectivity index (χ0) is 13.7. The Bertz CT molecular complexity index is 598. The lowest BCUT2D eigenvalue weighted by Crippen LogP contribution is -2.03. The molecule has 0 fully saturated rings. The van der Waals surface area contributed by atoms with E-state index in [2.05, 4.69) is 39.2 Å². The highest BCUT2D eigenvalue weighted by Gasteiger charge is 2.14. The van der Waals surface area contributed by atoms with Gasteiger partial charge in [0.05, 0.1) is 0 Å². The highest BCUT2D eigenvalue weighted by Crippen LogP contribution is 2.25. The van der Waals surface area contributed by atoms with Crippen molar-refractivity contribution in [3.63, 3.8) is 0 Å². The number of nitrogens with zero attached hydrogens (tertiary/aromatic N) is 4. The van der Waals surface area contributed by atoms with Crippen LogP contribution in [0.5, 0.6) is 0 Å². The molecule has 0 aliphatic carbocycles. The molecule has 0 saturated heterocycles. The second kappa shape index (κ2) is 6.48. The van der Waals surface area contributed by atoms with Gasteiger partial charge in [0.1, 0.15) is 11.8 Å². The summed E-state index contributed by atoms with van der Waals surface area (Å²) in [4.78, 5) is 0. The molecule has 1 aromatic carbocycles. The Labute approximate surface area is 121 Å². The van der Waals surface area contributed by atoms with E-state index >= 15 is 0 Å². The summed E-state index contributed by atoms with van der Waals surface area (Å²) in [6.07, 6.45) is 3.36. The Morgan fingerprint density at radius 1 is 1.37 bits per heavy atom. The van der Waals surface area contributed by atoms with E-state index in [4.69, 9.17) is 5.26 Å². The molecule has 2 aromatic rings. The Balaban J connectivity index is 2.37. The molecule has 19 heavy (non-hydrogen) atoms. The number of hydrogen-bond acceptors (Lipinski definition) is 3. The maximum absolute atomic E-state index is 9.16. The minimum Gasteiger partial charge on any atom is -0.243 e. The van der Waals surface area contributed by atoms with E-state index in [9.17, 15) is 0 Å². The van der Waals surface area contributed by atoms with Gasteiger partial charge < -0.3 is 0 Å². The molecule has 0 amide bonds. The number of nitriles is 1. The lowest BCUT2D eigenvalue weighted by Gasteiger charge is -2.06. The quantitative estimate of drug-likeness (QED) is 0.788. The van der Waals surface area contributed by atoms with Crippen LogP contribution in [0.1, 0.15) is 31.9 Å². The van der Waals surface area contributed by atoms with E-state index in [0.29, 0.717) is 5.69 Å². The van der Waals surface area contributed by atoms with Crippen molar-refractivity contribution >= 4 is 15.9 Å². The Morgan fingerprint density at radius 3 is 2.89 bits per heavy atom. The summed E-state index contributed by atoms with van der Waals surface area (Å²) in [6.45, 7) is 2.96. The second-order valence-electron chi connectivity index (χ2n) is 4.34.